The van der Waals surface area contributed by atoms with E-state index in [2.05, 4.69) is 0 Å². The van der Waals surface area contributed by atoms with Crippen LogP contribution in [0.15, 0.2) is 41.8 Å². The maximum absolute atomic E-state index is 13.4. The highest BCUT2D eigenvalue weighted by atomic mass is 32.1. The van der Waals surface area contributed by atoms with Crippen LogP contribution in [0.3, 0.4) is 0 Å². The number of alkyl halides is 6. The van der Waals surface area contributed by atoms with Crippen LogP contribution in [0.2, 0.25) is 0 Å². The quantitative estimate of drug-likeness (QED) is 0.443. The van der Waals surface area contributed by atoms with Gasteiger partial charge >= 0.3 is 12.4 Å². The summed E-state index contributed by atoms with van der Waals surface area (Å²) in [6, 6.07) is 7.21. The Hall–Kier alpha value is -1.91. The summed E-state index contributed by atoms with van der Waals surface area (Å²) in [5, 5.41) is 1.73. The minimum absolute atomic E-state index is 0.130. The molecule has 1 aromatic carbocycles. The van der Waals surface area contributed by atoms with Crippen LogP contribution < -0.4 is 5.73 Å². The minimum atomic E-state index is -5.75. The Labute approximate surface area is 163 Å². The Morgan fingerprint density at radius 3 is 1.93 bits per heavy atom. The summed E-state index contributed by atoms with van der Waals surface area (Å²) >= 11 is 1.52. The second-order valence-corrected chi connectivity index (χ2v) is 8.12. The third kappa shape index (κ3) is 3.44. The van der Waals surface area contributed by atoms with E-state index in [0.717, 1.165) is 23.8 Å². The predicted molar refractivity (Wildman–Crippen MR) is 95.7 cm³/mol. The van der Waals surface area contributed by atoms with Gasteiger partial charge in [0.1, 0.15) is 5.82 Å². The number of benzene rings is 1. The summed E-state index contributed by atoms with van der Waals surface area (Å²) in [6.45, 7) is 1.75. The van der Waals surface area contributed by atoms with Crippen LogP contribution in [0.1, 0.15) is 10.4 Å². The fraction of sp³-hybridized carbons (Fsp3) is 0.222. The van der Waals surface area contributed by atoms with Gasteiger partial charge in [-0.1, -0.05) is 12.1 Å². The fourth-order valence-corrected chi connectivity index (χ4v) is 4.96. The van der Waals surface area contributed by atoms with Crippen molar-refractivity contribution in [3.05, 3.63) is 58.0 Å². The van der Waals surface area contributed by atoms with Crippen LogP contribution in [-0.4, -0.2) is 12.4 Å². The number of thiophene rings is 2. The molecule has 0 unspecified atom stereocenters. The highest BCUT2D eigenvalue weighted by Crippen LogP contribution is 2.53. The van der Waals surface area contributed by atoms with Crippen LogP contribution in [0.5, 0.6) is 0 Å². The van der Waals surface area contributed by atoms with E-state index in [1.807, 2.05) is 0 Å². The molecule has 1 nitrogen and oxygen atoms in total. The van der Waals surface area contributed by atoms with Gasteiger partial charge in [-0.25, -0.2) is 4.39 Å². The van der Waals surface area contributed by atoms with Gasteiger partial charge in [0.2, 0.25) is 5.54 Å². The molecule has 0 aliphatic heterocycles. The number of rotatable bonds is 3. The summed E-state index contributed by atoms with van der Waals surface area (Å²) in [6.07, 6.45) is -11.5. The number of nitrogens with two attached hydrogens (primary N) is 1. The molecule has 0 spiro atoms. The van der Waals surface area contributed by atoms with Crippen LogP contribution >= 0.6 is 22.7 Å². The molecule has 0 radical (unpaired) electrons. The van der Waals surface area contributed by atoms with Crippen LogP contribution in [0.25, 0.3) is 20.9 Å². The van der Waals surface area contributed by atoms with Crippen LogP contribution in [0.4, 0.5) is 30.7 Å². The first kappa shape index (κ1) is 20.8. The molecule has 0 saturated carbocycles. The number of hydrogen-bond donors (Lipinski definition) is 1. The maximum Gasteiger partial charge on any atom is 0.420 e. The van der Waals surface area contributed by atoms with Gasteiger partial charge in [-0.15, -0.1) is 22.7 Å². The molecular formula is C18H12F7NS2. The number of hydrogen-bond acceptors (Lipinski definition) is 3. The molecule has 0 amide bonds. The molecular weight excluding hydrogens is 427 g/mol. The van der Waals surface area contributed by atoms with Gasteiger partial charge in [0.05, 0.1) is 4.88 Å². The highest BCUT2D eigenvalue weighted by molar-refractivity contribution is 7.22. The Bertz CT molecular complexity index is 967. The van der Waals surface area contributed by atoms with Gasteiger partial charge in [0.15, 0.2) is 0 Å². The number of aryl methyl sites for hydroxylation is 1. The average Bonchev–Trinajstić information content (AvgIpc) is 3.19. The molecule has 150 valence electrons. The van der Waals surface area contributed by atoms with E-state index in [1.165, 1.54) is 23.5 Å². The van der Waals surface area contributed by atoms with E-state index < -0.39 is 28.6 Å². The normalized spacial score (nSPS) is 13.2. The lowest BCUT2D eigenvalue weighted by Crippen LogP contribution is -2.60. The summed E-state index contributed by atoms with van der Waals surface area (Å²) in [4.78, 5) is -0.365. The third-order valence-corrected chi connectivity index (χ3v) is 6.62. The third-order valence-electron chi connectivity index (χ3n) is 4.12. The molecule has 0 aliphatic rings. The standard InChI is InChI=1S/C18H12F7NS2/c1-9-6-13(27-8-9)15-12(10-2-4-11(19)5-3-10)7-14(28-15)16(26,17(20,21)22)18(23,24)25/h2-8H,26H2,1H3. The Balaban J connectivity index is 2.28. The van der Waals surface area contributed by atoms with Gasteiger partial charge in [-0.2, -0.15) is 26.3 Å². The van der Waals surface area contributed by atoms with Crippen molar-refractivity contribution in [2.45, 2.75) is 24.8 Å². The second-order valence-electron chi connectivity index (χ2n) is 6.15. The maximum atomic E-state index is 13.4. The lowest BCUT2D eigenvalue weighted by atomic mass is 9.95. The molecule has 0 saturated heterocycles. The van der Waals surface area contributed by atoms with Crippen molar-refractivity contribution in [1.82, 2.24) is 0 Å². The first-order valence-electron chi connectivity index (χ1n) is 7.72. The van der Waals surface area contributed by atoms with Crippen LogP contribution in [-0.2, 0) is 5.54 Å². The largest absolute Gasteiger partial charge is 0.420 e. The lowest BCUT2D eigenvalue weighted by molar-refractivity contribution is -0.300. The Morgan fingerprint density at radius 2 is 1.46 bits per heavy atom. The summed E-state index contributed by atoms with van der Waals surface area (Å²) in [7, 11) is 0. The zero-order valence-electron chi connectivity index (χ0n) is 14.1. The van der Waals surface area contributed by atoms with Crippen molar-refractivity contribution < 1.29 is 30.7 Å². The summed E-state index contributed by atoms with van der Waals surface area (Å²) < 4.78 is 93.6. The first-order chi connectivity index (χ1) is 12.8. The number of halogens is 7. The molecule has 28 heavy (non-hydrogen) atoms. The SMILES string of the molecule is Cc1csc(-c2sc(C(N)(C(F)(F)F)C(F)(F)F)cc2-c2ccc(F)cc2)c1. The smallest absolute Gasteiger partial charge is 0.306 e. The van der Waals surface area contributed by atoms with E-state index in [1.54, 1.807) is 18.4 Å². The molecule has 3 rings (SSSR count). The van der Waals surface area contributed by atoms with E-state index in [0.29, 0.717) is 16.2 Å². The summed E-state index contributed by atoms with van der Waals surface area (Å²) in [5.41, 5.74) is 1.66. The van der Waals surface area contributed by atoms with Crippen molar-refractivity contribution in [2.75, 3.05) is 0 Å². The molecule has 2 heterocycles. The van der Waals surface area contributed by atoms with Crippen molar-refractivity contribution in [2.24, 2.45) is 5.73 Å². The van der Waals surface area contributed by atoms with E-state index in [-0.39, 0.29) is 16.0 Å². The van der Waals surface area contributed by atoms with Gasteiger partial charge in [-0.3, -0.25) is 0 Å². The fourth-order valence-electron chi connectivity index (χ4n) is 2.60. The highest BCUT2D eigenvalue weighted by Gasteiger charge is 2.70. The van der Waals surface area contributed by atoms with E-state index in [4.69, 9.17) is 5.73 Å². The van der Waals surface area contributed by atoms with Gasteiger partial charge in [0, 0.05) is 15.3 Å². The molecule has 0 atom stereocenters. The summed E-state index contributed by atoms with van der Waals surface area (Å²) in [5.74, 6) is -0.577. The van der Waals surface area contributed by atoms with Gasteiger partial charge < -0.3 is 5.73 Å². The first-order valence-corrected chi connectivity index (χ1v) is 9.42. The molecule has 0 bridgehead atoms. The van der Waals surface area contributed by atoms with E-state index in [9.17, 15) is 30.7 Å². The second kappa shape index (κ2) is 6.85. The van der Waals surface area contributed by atoms with Gasteiger partial charge in [-0.05, 0) is 47.7 Å². The van der Waals surface area contributed by atoms with Crippen molar-refractivity contribution in [3.8, 4) is 20.9 Å². The topological polar surface area (TPSA) is 26.0 Å². The zero-order valence-corrected chi connectivity index (χ0v) is 15.7. The van der Waals surface area contributed by atoms with Crippen molar-refractivity contribution >= 4 is 22.7 Å². The van der Waals surface area contributed by atoms with Crippen molar-refractivity contribution in [1.29, 1.82) is 0 Å². The Kier molecular flexibility index (Phi) is 5.10. The zero-order chi connectivity index (χ0) is 20.9. The average molecular weight is 439 g/mol. The van der Waals surface area contributed by atoms with Crippen molar-refractivity contribution in [3.63, 3.8) is 0 Å². The predicted octanol–water partition coefficient (Wildman–Crippen LogP) is 6.87. The lowest BCUT2D eigenvalue weighted by Gasteiger charge is -2.32. The van der Waals surface area contributed by atoms with E-state index >= 15 is 0 Å². The molecule has 3 aromatic rings. The molecule has 0 aliphatic carbocycles. The minimum Gasteiger partial charge on any atom is -0.306 e. The molecule has 0 fully saturated rings. The van der Waals surface area contributed by atoms with Gasteiger partial charge in [0.25, 0.3) is 0 Å². The molecule has 2 aromatic heterocycles. The monoisotopic (exact) mass is 439 g/mol. The van der Waals surface area contributed by atoms with Crippen LogP contribution in [0, 0.1) is 12.7 Å². The Morgan fingerprint density at radius 1 is 0.893 bits per heavy atom. The molecule has 10 heteroatoms. The molecule has 2 N–H and O–H groups in total.